The van der Waals surface area contributed by atoms with Crippen molar-refractivity contribution in [1.82, 2.24) is 29.9 Å². The van der Waals surface area contributed by atoms with Crippen LogP contribution in [0.5, 0.6) is 0 Å². The second kappa shape index (κ2) is 11.0. The molecular weight excluding hydrogens is 488 g/mol. The van der Waals surface area contributed by atoms with E-state index in [1.165, 1.54) is 0 Å². The lowest BCUT2D eigenvalue weighted by atomic mass is 9.95. The number of pyridine rings is 1. The lowest BCUT2D eigenvalue weighted by molar-refractivity contribution is 0.0883. The number of piperidine rings is 1. The van der Waals surface area contributed by atoms with Crippen molar-refractivity contribution in [2.75, 3.05) is 30.3 Å². The summed E-state index contributed by atoms with van der Waals surface area (Å²) >= 11 is 0. The molecule has 0 bridgehead atoms. The number of aliphatic hydroxyl groups excluding tert-OH is 1. The van der Waals surface area contributed by atoms with E-state index in [9.17, 15) is 5.11 Å². The smallest absolute Gasteiger partial charge is 0.229 e. The summed E-state index contributed by atoms with van der Waals surface area (Å²) in [5, 5.41) is 27.4. The Kier molecular flexibility index (Phi) is 7.08. The average molecular weight is 523 g/mol. The first-order valence-electron chi connectivity index (χ1n) is 13.6. The molecule has 5 aromatic rings. The van der Waals surface area contributed by atoms with Crippen molar-refractivity contribution in [3.8, 4) is 11.3 Å². The third-order valence-electron chi connectivity index (χ3n) is 7.51. The van der Waals surface area contributed by atoms with Crippen LogP contribution in [-0.2, 0) is 6.54 Å². The van der Waals surface area contributed by atoms with Gasteiger partial charge in [0.1, 0.15) is 0 Å². The number of rotatable bonds is 8. The highest BCUT2D eigenvalue weighted by atomic mass is 16.3. The Morgan fingerprint density at radius 2 is 1.90 bits per heavy atom. The van der Waals surface area contributed by atoms with Gasteiger partial charge in [0.25, 0.3) is 0 Å². The number of anilines is 2. The summed E-state index contributed by atoms with van der Waals surface area (Å²) in [5.74, 6) is 1.56. The van der Waals surface area contributed by atoms with Crippen molar-refractivity contribution >= 4 is 28.3 Å². The van der Waals surface area contributed by atoms with Gasteiger partial charge in [-0.2, -0.15) is 19.6 Å². The first kappa shape index (κ1) is 25.2. The van der Waals surface area contributed by atoms with Gasteiger partial charge in [0.15, 0.2) is 5.65 Å². The van der Waals surface area contributed by atoms with Crippen LogP contribution in [0.3, 0.4) is 0 Å². The van der Waals surface area contributed by atoms with Gasteiger partial charge in [-0.05, 0) is 35.9 Å². The molecule has 200 valence electrons. The van der Waals surface area contributed by atoms with E-state index in [1.54, 1.807) is 4.52 Å². The minimum atomic E-state index is -0.382. The molecule has 1 aliphatic heterocycles. The van der Waals surface area contributed by atoms with Gasteiger partial charge in [-0.25, -0.2) is 0 Å². The second-order valence-corrected chi connectivity index (χ2v) is 10.5. The summed E-state index contributed by atoms with van der Waals surface area (Å²) in [7, 11) is 0. The third-order valence-corrected chi connectivity index (χ3v) is 7.51. The van der Waals surface area contributed by atoms with Gasteiger partial charge in [0.2, 0.25) is 11.9 Å². The van der Waals surface area contributed by atoms with E-state index in [0.29, 0.717) is 31.5 Å². The average Bonchev–Trinajstić information content (AvgIpc) is 3.40. The predicted molar refractivity (Wildman–Crippen MR) is 155 cm³/mol. The highest BCUT2D eigenvalue weighted by Gasteiger charge is 2.23. The van der Waals surface area contributed by atoms with E-state index < -0.39 is 0 Å². The van der Waals surface area contributed by atoms with Crippen LogP contribution in [0.4, 0.5) is 11.9 Å². The summed E-state index contributed by atoms with van der Waals surface area (Å²) in [6.07, 6.45) is 4.26. The van der Waals surface area contributed by atoms with E-state index >= 15 is 0 Å². The minimum Gasteiger partial charge on any atom is -0.391 e. The molecule has 0 radical (unpaired) electrons. The number of β-amino-alcohol motifs (C(OH)–C–C–N with tert-alkyl or cyclic N) is 1. The predicted octanol–water partition coefficient (Wildman–Crippen LogP) is 4.46. The number of hydrogen-bond acceptors (Lipinski definition) is 8. The Labute approximate surface area is 227 Å². The molecule has 1 aliphatic rings. The third kappa shape index (κ3) is 5.15. The number of hydrogen-bond donors (Lipinski definition) is 4. The number of benzene rings is 2. The molecular formula is C30H34N8O. The van der Waals surface area contributed by atoms with Gasteiger partial charge in [0, 0.05) is 48.3 Å². The van der Waals surface area contributed by atoms with Gasteiger partial charge < -0.3 is 21.1 Å². The van der Waals surface area contributed by atoms with E-state index in [1.807, 2.05) is 42.7 Å². The van der Waals surface area contributed by atoms with Crippen LogP contribution in [0.15, 0.2) is 67.0 Å². The van der Waals surface area contributed by atoms with E-state index in [-0.39, 0.29) is 17.9 Å². The maximum Gasteiger partial charge on any atom is 0.229 e. The van der Waals surface area contributed by atoms with Gasteiger partial charge in [-0.15, -0.1) is 0 Å². The van der Waals surface area contributed by atoms with E-state index in [2.05, 4.69) is 59.2 Å². The molecule has 6 rings (SSSR count). The SMILES string of the molecule is CC(C)c1cnn2c(NCc3ccccc3-c3nccc4ccccc34)nc(NC[C@H]3CCNC[C@@H]3O)nc12. The Hall–Kier alpha value is -4.08. The maximum absolute atomic E-state index is 10.4. The zero-order valence-electron chi connectivity index (χ0n) is 22.3. The number of nitrogens with one attached hydrogen (secondary N) is 3. The van der Waals surface area contributed by atoms with Crippen LogP contribution in [0, 0.1) is 5.92 Å². The van der Waals surface area contributed by atoms with Gasteiger partial charge in [0.05, 0.1) is 18.0 Å². The molecule has 4 N–H and O–H groups in total. The summed E-state index contributed by atoms with van der Waals surface area (Å²) in [6, 6.07) is 18.7. The van der Waals surface area contributed by atoms with Crippen molar-refractivity contribution in [2.45, 2.75) is 38.8 Å². The topological polar surface area (TPSA) is 112 Å². The first-order valence-corrected chi connectivity index (χ1v) is 13.6. The van der Waals surface area contributed by atoms with E-state index in [4.69, 9.17) is 15.0 Å². The van der Waals surface area contributed by atoms with Crippen molar-refractivity contribution in [3.63, 3.8) is 0 Å². The molecule has 1 saturated heterocycles. The van der Waals surface area contributed by atoms with Crippen molar-refractivity contribution in [1.29, 1.82) is 0 Å². The fraction of sp³-hybridized carbons (Fsp3) is 0.333. The molecule has 2 aromatic carbocycles. The zero-order chi connectivity index (χ0) is 26.8. The molecule has 0 amide bonds. The molecule has 0 spiro atoms. The number of aliphatic hydroxyl groups is 1. The van der Waals surface area contributed by atoms with Crippen LogP contribution in [0.2, 0.25) is 0 Å². The standard InChI is InChI=1S/C30H34N8O/c1-19(2)25-17-35-38-28(25)36-29(33-16-22-11-13-31-18-26(22)39)37-30(38)34-15-21-8-4-6-10-24(21)27-23-9-5-3-7-20(23)12-14-32-27/h3-10,12,14,17,19,22,26,31,39H,11,13,15-16,18H2,1-2H3,(H2,33,34,36,37)/t22-,26+/m1/s1. The van der Waals surface area contributed by atoms with Crippen molar-refractivity contribution in [2.24, 2.45) is 5.92 Å². The van der Waals surface area contributed by atoms with Gasteiger partial charge in [-0.3, -0.25) is 4.98 Å². The fourth-order valence-electron chi connectivity index (χ4n) is 5.27. The molecule has 0 saturated carbocycles. The lowest BCUT2D eigenvalue weighted by Crippen LogP contribution is -2.43. The summed E-state index contributed by atoms with van der Waals surface area (Å²) in [6.45, 7) is 6.94. The van der Waals surface area contributed by atoms with Crippen LogP contribution in [0.1, 0.15) is 37.3 Å². The second-order valence-electron chi connectivity index (χ2n) is 10.5. The highest BCUT2D eigenvalue weighted by molar-refractivity contribution is 5.95. The molecule has 4 heterocycles. The quantitative estimate of drug-likeness (QED) is 0.236. The van der Waals surface area contributed by atoms with Gasteiger partial charge in [-0.1, -0.05) is 62.4 Å². The number of fused-ring (bicyclic) bond motifs is 2. The fourth-order valence-corrected chi connectivity index (χ4v) is 5.27. The molecule has 2 atom stereocenters. The largest absolute Gasteiger partial charge is 0.391 e. The monoisotopic (exact) mass is 522 g/mol. The van der Waals surface area contributed by atoms with Crippen LogP contribution >= 0.6 is 0 Å². The summed E-state index contributed by atoms with van der Waals surface area (Å²) in [5.41, 5.74) is 4.98. The van der Waals surface area contributed by atoms with Crippen LogP contribution < -0.4 is 16.0 Å². The maximum atomic E-state index is 10.4. The molecule has 1 fully saturated rings. The van der Waals surface area contributed by atoms with Crippen LogP contribution in [0.25, 0.3) is 27.7 Å². The molecule has 9 nitrogen and oxygen atoms in total. The summed E-state index contributed by atoms with van der Waals surface area (Å²) in [4.78, 5) is 14.4. The Balaban J connectivity index is 1.31. The Morgan fingerprint density at radius 1 is 1.05 bits per heavy atom. The molecule has 0 aliphatic carbocycles. The van der Waals surface area contributed by atoms with Gasteiger partial charge >= 0.3 is 0 Å². The molecule has 39 heavy (non-hydrogen) atoms. The van der Waals surface area contributed by atoms with Crippen LogP contribution in [-0.4, -0.2) is 55.4 Å². The van der Waals surface area contributed by atoms with Crippen molar-refractivity contribution in [3.05, 3.63) is 78.1 Å². The number of nitrogens with zero attached hydrogens (tertiary/aromatic N) is 5. The minimum absolute atomic E-state index is 0.150. The highest BCUT2D eigenvalue weighted by Crippen LogP contribution is 2.30. The molecule has 3 aromatic heterocycles. The Bertz CT molecular complexity index is 1590. The van der Waals surface area contributed by atoms with E-state index in [0.717, 1.165) is 51.8 Å². The summed E-state index contributed by atoms with van der Waals surface area (Å²) < 4.78 is 1.78. The normalized spacial score (nSPS) is 17.6. The molecule has 9 heteroatoms. The number of aromatic nitrogens is 5. The first-order chi connectivity index (χ1) is 19.1. The lowest BCUT2D eigenvalue weighted by Gasteiger charge is -2.28. The zero-order valence-corrected chi connectivity index (χ0v) is 22.3. The Morgan fingerprint density at radius 3 is 2.77 bits per heavy atom. The molecule has 0 unspecified atom stereocenters. The van der Waals surface area contributed by atoms with Crippen molar-refractivity contribution < 1.29 is 5.11 Å².